The van der Waals surface area contributed by atoms with Gasteiger partial charge < -0.3 is 10.5 Å². The van der Waals surface area contributed by atoms with Gasteiger partial charge in [-0.1, -0.05) is 30.1 Å². The first-order chi connectivity index (χ1) is 15.0. The summed E-state index contributed by atoms with van der Waals surface area (Å²) in [6.45, 7) is 4.00. The Morgan fingerprint density at radius 3 is 2.87 bits per heavy atom. The lowest BCUT2D eigenvalue weighted by Crippen LogP contribution is -2.19. The Morgan fingerprint density at radius 1 is 1.35 bits per heavy atom. The number of pyridine rings is 1. The van der Waals surface area contributed by atoms with Crippen LogP contribution in [0.25, 0.3) is 0 Å². The number of hydrazone groups is 1. The van der Waals surface area contributed by atoms with E-state index in [0.717, 1.165) is 11.8 Å². The molecule has 0 radical (unpaired) electrons. The summed E-state index contributed by atoms with van der Waals surface area (Å²) in [5.74, 6) is -0.998. The van der Waals surface area contributed by atoms with Crippen molar-refractivity contribution < 1.29 is 13.9 Å². The zero-order valence-corrected chi connectivity index (χ0v) is 18.7. The average Bonchev–Trinajstić information content (AvgIpc) is 2.76. The van der Waals surface area contributed by atoms with E-state index in [0.29, 0.717) is 26.5 Å². The number of carbonyl (C=O) groups excluding carboxylic acids is 1. The Bertz CT molecular complexity index is 1090. The van der Waals surface area contributed by atoms with Gasteiger partial charge in [0.05, 0.1) is 13.7 Å². The number of aromatic nitrogens is 1. The van der Waals surface area contributed by atoms with Crippen molar-refractivity contribution in [3.05, 3.63) is 53.8 Å². The van der Waals surface area contributed by atoms with Crippen LogP contribution in [0.5, 0.6) is 5.75 Å². The molecular weight excluding hydrogens is 459 g/mol. The van der Waals surface area contributed by atoms with Crippen molar-refractivity contribution in [1.82, 2.24) is 10.4 Å². The monoisotopic (exact) mass is 476 g/mol. The highest BCUT2D eigenvalue weighted by atomic mass is 32.2. The van der Waals surface area contributed by atoms with Gasteiger partial charge in [0.2, 0.25) is 0 Å². The molecule has 0 saturated carbocycles. The molecule has 0 fully saturated rings. The van der Waals surface area contributed by atoms with E-state index in [2.05, 4.69) is 32.1 Å². The minimum absolute atomic E-state index is 0.0407. The fraction of sp³-hybridized carbons (Fsp3) is 0.105. The normalized spacial score (nSPS) is 13.4. The van der Waals surface area contributed by atoms with Crippen molar-refractivity contribution in [3.63, 3.8) is 0 Å². The van der Waals surface area contributed by atoms with E-state index < -0.39 is 11.7 Å². The third kappa shape index (κ3) is 6.32. The van der Waals surface area contributed by atoms with Crippen molar-refractivity contribution in [1.29, 1.82) is 0 Å². The molecule has 31 heavy (non-hydrogen) atoms. The highest BCUT2D eigenvalue weighted by Gasteiger charge is 2.18. The van der Waals surface area contributed by atoms with Crippen LogP contribution in [-0.2, 0) is 0 Å². The highest BCUT2D eigenvalue weighted by Crippen LogP contribution is 2.34. The number of amides is 1. The standard InChI is InChI=1S/C19H17FN6O2S3/c1-3-29-18(21)25-17(27)16-14(30-11-4-5-13(28-2)12(20)10-11)6-7-15(24-16)31-19-22-8-9-23-26-19/h3-7,9-10H,1,8H2,2H3,(H,22,26)(H2,21,25,27). The molecule has 0 aliphatic carbocycles. The Morgan fingerprint density at radius 2 is 2.19 bits per heavy atom. The quantitative estimate of drug-likeness (QED) is 0.479. The van der Waals surface area contributed by atoms with E-state index in [-0.39, 0.29) is 16.6 Å². The first-order valence-electron chi connectivity index (χ1n) is 8.68. The lowest BCUT2D eigenvalue weighted by atomic mass is 10.3. The Kier molecular flexibility index (Phi) is 8.09. The summed E-state index contributed by atoms with van der Waals surface area (Å²) in [5.41, 5.74) is 8.59. The second-order valence-electron chi connectivity index (χ2n) is 5.61. The third-order valence-electron chi connectivity index (χ3n) is 3.57. The molecule has 2 heterocycles. The number of methoxy groups -OCH3 is 1. The molecule has 1 amide bonds. The number of amidine groups is 2. The molecule has 3 rings (SSSR count). The maximum Gasteiger partial charge on any atom is 0.299 e. The summed E-state index contributed by atoms with van der Waals surface area (Å²) in [5, 5.41) is 6.52. The van der Waals surface area contributed by atoms with Crippen molar-refractivity contribution in [2.24, 2.45) is 20.8 Å². The van der Waals surface area contributed by atoms with Crippen LogP contribution >= 0.6 is 35.3 Å². The van der Waals surface area contributed by atoms with Crippen LogP contribution in [-0.4, -0.2) is 41.1 Å². The van der Waals surface area contributed by atoms with E-state index in [4.69, 9.17) is 10.5 Å². The van der Waals surface area contributed by atoms with Gasteiger partial charge in [-0.2, -0.15) is 10.1 Å². The number of halogens is 1. The topological polar surface area (TPSA) is 114 Å². The average molecular weight is 477 g/mol. The number of nitrogens with zero attached hydrogens (tertiary/aromatic N) is 4. The molecule has 0 bridgehead atoms. The van der Waals surface area contributed by atoms with E-state index in [1.165, 1.54) is 48.2 Å². The Hall–Kier alpha value is -2.83. The van der Waals surface area contributed by atoms with Crippen LogP contribution < -0.4 is 15.9 Å². The maximum absolute atomic E-state index is 14.1. The lowest BCUT2D eigenvalue weighted by Gasteiger charge is -2.11. The summed E-state index contributed by atoms with van der Waals surface area (Å²) in [6, 6.07) is 7.98. The van der Waals surface area contributed by atoms with Gasteiger partial charge in [0.1, 0.15) is 10.7 Å². The molecule has 0 atom stereocenters. The molecule has 0 unspecified atom stereocenters. The Labute approximate surface area is 190 Å². The van der Waals surface area contributed by atoms with Crippen LogP contribution in [0.4, 0.5) is 4.39 Å². The summed E-state index contributed by atoms with van der Waals surface area (Å²) < 4.78 is 19.0. The first-order valence-corrected chi connectivity index (χ1v) is 11.2. The molecule has 3 N–H and O–H groups in total. The number of rotatable bonds is 6. The zero-order valence-electron chi connectivity index (χ0n) is 16.2. The van der Waals surface area contributed by atoms with E-state index >= 15 is 0 Å². The molecule has 0 spiro atoms. The van der Waals surface area contributed by atoms with Gasteiger partial charge in [-0.3, -0.25) is 15.2 Å². The van der Waals surface area contributed by atoms with Gasteiger partial charge in [0, 0.05) is 16.0 Å². The number of carbonyl (C=O) groups is 1. The van der Waals surface area contributed by atoms with Crippen LogP contribution in [0.2, 0.25) is 0 Å². The zero-order chi connectivity index (χ0) is 22.2. The molecule has 1 aliphatic heterocycles. The van der Waals surface area contributed by atoms with Gasteiger partial charge >= 0.3 is 0 Å². The van der Waals surface area contributed by atoms with Gasteiger partial charge in [0.15, 0.2) is 21.9 Å². The van der Waals surface area contributed by atoms with E-state index in [9.17, 15) is 9.18 Å². The van der Waals surface area contributed by atoms with Crippen LogP contribution in [0.3, 0.4) is 0 Å². The fourth-order valence-electron chi connectivity index (χ4n) is 2.28. The molecule has 8 nitrogen and oxygen atoms in total. The number of hydrogen-bond acceptors (Lipinski definition) is 9. The predicted octanol–water partition coefficient (Wildman–Crippen LogP) is 3.75. The SMILES string of the molecule is C=CSC(N)=NC(=O)c1nc(SC2=NCC=NN2)ccc1Sc1ccc(OC)c(F)c1. The largest absolute Gasteiger partial charge is 0.494 e. The number of ether oxygens (including phenoxy) is 1. The van der Waals surface area contributed by atoms with Gasteiger partial charge in [-0.05, 0) is 47.5 Å². The third-order valence-corrected chi connectivity index (χ3v) is 5.96. The fourth-order valence-corrected chi connectivity index (χ4v) is 4.21. The van der Waals surface area contributed by atoms with Gasteiger partial charge in [0.25, 0.3) is 5.91 Å². The van der Waals surface area contributed by atoms with Crippen molar-refractivity contribution >= 4 is 57.7 Å². The molecule has 160 valence electrons. The number of thioether (sulfide) groups is 2. The van der Waals surface area contributed by atoms with E-state index in [1.54, 1.807) is 24.4 Å². The molecule has 12 heteroatoms. The number of benzene rings is 1. The summed E-state index contributed by atoms with van der Waals surface area (Å²) in [7, 11) is 1.39. The minimum atomic E-state index is -0.623. The van der Waals surface area contributed by atoms with E-state index in [1.807, 2.05) is 0 Å². The molecular formula is C19H17FN6O2S3. The molecule has 0 saturated heterocycles. The number of aliphatic imine (C=N–C) groups is 2. The summed E-state index contributed by atoms with van der Waals surface area (Å²) in [6.07, 6.45) is 1.63. The molecule has 2 aromatic rings. The van der Waals surface area contributed by atoms with Crippen LogP contribution in [0, 0.1) is 5.82 Å². The lowest BCUT2D eigenvalue weighted by molar-refractivity contribution is 0.0994. The molecule has 1 aliphatic rings. The molecule has 1 aromatic heterocycles. The molecule has 1 aromatic carbocycles. The van der Waals surface area contributed by atoms with Crippen molar-refractivity contribution in [3.8, 4) is 5.75 Å². The maximum atomic E-state index is 14.1. The second kappa shape index (κ2) is 11.0. The number of nitrogens with one attached hydrogen (secondary N) is 1. The summed E-state index contributed by atoms with van der Waals surface area (Å²) in [4.78, 5) is 26.4. The number of hydrogen-bond donors (Lipinski definition) is 2. The van der Waals surface area contributed by atoms with Gasteiger partial charge in [-0.15, -0.1) is 0 Å². The van der Waals surface area contributed by atoms with Crippen LogP contribution in [0.1, 0.15) is 10.5 Å². The van der Waals surface area contributed by atoms with Crippen molar-refractivity contribution in [2.75, 3.05) is 13.7 Å². The second-order valence-corrected chi connectivity index (χ2v) is 8.72. The van der Waals surface area contributed by atoms with Crippen molar-refractivity contribution in [2.45, 2.75) is 14.8 Å². The number of nitrogens with two attached hydrogens (primary N) is 1. The predicted molar refractivity (Wildman–Crippen MR) is 125 cm³/mol. The first kappa shape index (κ1) is 22.8. The van der Waals surface area contributed by atoms with Crippen LogP contribution in [0.15, 0.2) is 72.2 Å². The highest BCUT2D eigenvalue weighted by molar-refractivity contribution is 8.16. The summed E-state index contributed by atoms with van der Waals surface area (Å²) >= 11 is 3.42. The van der Waals surface area contributed by atoms with Gasteiger partial charge in [-0.25, -0.2) is 9.37 Å². The Balaban J connectivity index is 1.93. The smallest absolute Gasteiger partial charge is 0.299 e. The minimum Gasteiger partial charge on any atom is -0.494 e.